The molecule has 0 heterocycles. The second kappa shape index (κ2) is 4.56. The summed E-state index contributed by atoms with van der Waals surface area (Å²) < 4.78 is 0. The van der Waals surface area contributed by atoms with E-state index in [1.807, 2.05) is 0 Å². The smallest absolute Gasteiger partial charge is 0.309 e. The zero-order chi connectivity index (χ0) is 11.5. The van der Waals surface area contributed by atoms with Gasteiger partial charge in [0.05, 0.1) is 5.41 Å². The van der Waals surface area contributed by atoms with Crippen LogP contribution >= 0.6 is 11.6 Å². The molecule has 0 unspecified atom stereocenters. The van der Waals surface area contributed by atoms with Crippen molar-refractivity contribution in [2.24, 2.45) is 10.8 Å². The summed E-state index contributed by atoms with van der Waals surface area (Å²) in [5, 5.41) is 9.31. The molecule has 15 heavy (non-hydrogen) atoms. The first-order chi connectivity index (χ1) is 6.92. The fourth-order valence-corrected chi connectivity index (χ4v) is 2.27. The van der Waals surface area contributed by atoms with Gasteiger partial charge in [0.25, 0.3) is 0 Å². The SMILES string of the molecule is CC1(C)CCC(C/C=C/Cl)(C(=O)O)CC1. The van der Waals surface area contributed by atoms with Crippen molar-refractivity contribution in [1.82, 2.24) is 0 Å². The van der Waals surface area contributed by atoms with E-state index in [-0.39, 0.29) is 0 Å². The van der Waals surface area contributed by atoms with E-state index < -0.39 is 11.4 Å². The van der Waals surface area contributed by atoms with Crippen molar-refractivity contribution in [1.29, 1.82) is 0 Å². The average Bonchev–Trinajstić information content (AvgIpc) is 2.16. The average molecular weight is 231 g/mol. The molecule has 1 fully saturated rings. The molecule has 1 N–H and O–H groups in total. The number of allylic oxidation sites excluding steroid dienone is 1. The molecule has 1 aliphatic carbocycles. The zero-order valence-corrected chi connectivity index (χ0v) is 10.2. The number of hydrogen-bond acceptors (Lipinski definition) is 1. The van der Waals surface area contributed by atoms with Gasteiger partial charge in [0.1, 0.15) is 0 Å². The molecule has 0 aromatic rings. The highest BCUT2D eigenvalue weighted by Crippen LogP contribution is 2.47. The molecule has 0 aromatic carbocycles. The Balaban J connectivity index is 2.73. The maximum atomic E-state index is 11.3. The third kappa shape index (κ3) is 2.97. The van der Waals surface area contributed by atoms with Crippen LogP contribution in [0.15, 0.2) is 11.6 Å². The third-order valence-electron chi connectivity index (χ3n) is 3.61. The minimum absolute atomic E-state index is 0.295. The van der Waals surface area contributed by atoms with Crippen LogP contribution in [0, 0.1) is 10.8 Å². The highest BCUT2D eigenvalue weighted by molar-refractivity contribution is 6.25. The predicted molar refractivity (Wildman–Crippen MR) is 61.9 cm³/mol. The van der Waals surface area contributed by atoms with Gasteiger partial charge >= 0.3 is 5.97 Å². The van der Waals surface area contributed by atoms with E-state index in [4.69, 9.17) is 11.6 Å². The molecule has 0 atom stereocenters. The van der Waals surface area contributed by atoms with Crippen LogP contribution in [0.25, 0.3) is 0 Å². The molecule has 2 nitrogen and oxygen atoms in total. The number of halogens is 1. The van der Waals surface area contributed by atoms with Gasteiger partial charge in [-0.15, -0.1) is 0 Å². The van der Waals surface area contributed by atoms with Crippen LogP contribution in [0.2, 0.25) is 0 Å². The van der Waals surface area contributed by atoms with Crippen molar-refractivity contribution < 1.29 is 9.90 Å². The van der Waals surface area contributed by atoms with Crippen LogP contribution in [-0.2, 0) is 4.79 Å². The van der Waals surface area contributed by atoms with E-state index in [0.717, 1.165) is 25.7 Å². The van der Waals surface area contributed by atoms with Crippen molar-refractivity contribution >= 4 is 17.6 Å². The first-order valence-corrected chi connectivity index (χ1v) is 5.84. The molecular formula is C12H19ClO2. The topological polar surface area (TPSA) is 37.3 Å². The highest BCUT2D eigenvalue weighted by atomic mass is 35.5. The third-order valence-corrected chi connectivity index (χ3v) is 3.79. The first kappa shape index (κ1) is 12.6. The summed E-state index contributed by atoms with van der Waals surface area (Å²) in [7, 11) is 0. The monoisotopic (exact) mass is 230 g/mol. The predicted octanol–water partition coefficient (Wildman–Crippen LogP) is 3.80. The van der Waals surface area contributed by atoms with E-state index in [9.17, 15) is 9.90 Å². The Kier molecular flexibility index (Phi) is 3.82. The summed E-state index contributed by atoms with van der Waals surface area (Å²) >= 11 is 5.47. The number of carboxylic acid groups (broad SMARTS) is 1. The maximum Gasteiger partial charge on any atom is 0.309 e. The summed E-state index contributed by atoms with van der Waals surface area (Å²) in [4.78, 5) is 11.3. The van der Waals surface area contributed by atoms with Gasteiger partial charge in [0.2, 0.25) is 0 Å². The van der Waals surface area contributed by atoms with Gasteiger partial charge in [-0.2, -0.15) is 0 Å². The first-order valence-electron chi connectivity index (χ1n) is 5.41. The Morgan fingerprint density at radius 3 is 2.27 bits per heavy atom. The lowest BCUT2D eigenvalue weighted by atomic mass is 9.64. The Labute approximate surface area is 96.3 Å². The minimum atomic E-state index is -0.673. The Hall–Kier alpha value is -0.500. The van der Waals surface area contributed by atoms with Crippen molar-refractivity contribution in [3.8, 4) is 0 Å². The van der Waals surface area contributed by atoms with Gasteiger partial charge < -0.3 is 5.11 Å². The molecule has 1 rings (SSSR count). The van der Waals surface area contributed by atoms with E-state index in [2.05, 4.69) is 13.8 Å². The Morgan fingerprint density at radius 1 is 1.33 bits per heavy atom. The van der Waals surface area contributed by atoms with E-state index in [1.54, 1.807) is 6.08 Å². The molecule has 0 aromatic heterocycles. The van der Waals surface area contributed by atoms with Gasteiger partial charge in [0.15, 0.2) is 0 Å². The zero-order valence-electron chi connectivity index (χ0n) is 9.42. The van der Waals surface area contributed by atoms with Gasteiger partial charge in [-0.1, -0.05) is 31.5 Å². The molecule has 86 valence electrons. The summed E-state index contributed by atoms with van der Waals surface area (Å²) in [6.45, 7) is 4.41. The lowest BCUT2D eigenvalue weighted by Gasteiger charge is -2.40. The quantitative estimate of drug-likeness (QED) is 0.801. The highest BCUT2D eigenvalue weighted by Gasteiger charge is 2.43. The van der Waals surface area contributed by atoms with Crippen molar-refractivity contribution in [3.63, 3.8) is 0 Å². The summed E-state index contributed by atoms with van der Waals surface area (Å²) in [6, 6.07) is 0. The standard InChI is InChI=1S/C12H19ClO2/c1-11(2)5-7-12(8-6-11,10(14)15)4-3-9-13/h3,9H,4-8H2,1-2H3,(H,14,15)/b9-3+. The van der Waals surface area contributed by atoms with E-state index >= 15 is 0 Å². The normalized spacial score (nSPS) is 24.2. The number of carbonyl (C=O) groups is 1. The maximum absolute atomic E-state index is 11.3. The second-order valence-corrected chi connectivity index (χ2v) is 5.57. The van der Waals surface area contributed by atoms with Gasteiger partial charge in [-0.25, -0.2) is 0 Å². The van der Waals surface area contributed by atoms with Crippen LogP contribution in [0.4, 0.5) is 0 Å². The van der Waals surface area contributed by atoms with E-state index in [0.29, 0.717) is 11.8 Å². The van der Waals surface area contributed by atoms with Crippen molar-refractivity contribution in [2.75, 3.05) is 0 Å². The molecule has 0 saturated heterocycles. The lowest BCUT2D eigenvalue weighted by molar-refractivity contribution is -0.152. The lowest BCUT2D eigenvalue weighted by Crippen LogP contribution is -2.37. The van der Waals surface area contributed by atoms with Crippen LogP contribution in [-0.4, -0.2) is 11.1 Å². The van der Waals surface area contributed by atoms with Crippen LogP contribution < -0.4 is 0 Å². The Bertz CT molecular complexity index is 259. The number of rotatable bonds is 3. The molecular weight excluding hydrogens is 212 g/mol. The summed E-state index contributed by atoms with van der Waals surface area (Å²) in [5.41, 5.74) is 1.15. The fourth-order valence-electron chi connectivity index (χ4n) is 2.18. The van der Waals surface area contributed by atoms with Crippen molar-refractivity contribution in [3.05, 3.63) is 11.6 Å². The van der Waals surface area contributed by atoms with Crippen LogP contribution in [0.3, 0.4) is 0 Å². The molecule has 0 amide bonds. The molecule has 3 heteroatoms. The molecule has 1 aliphatic rings. The largest absolute Gasteiger partial charge is 0.481 e. The summed E-state index contributed by atoms with van der Waals surface area (Å²) in [5.74, 6) is -0.673. The number of hydrogen-bond donors (Lipinski definition) is 1. The number of carboxylic acids is 1. The molecule has 0 aliphatic heterocycles. The van der Waals surface area contributed by atoms with Crippen LogP contribution in [0.5, 0.6) is 0 Å². The molecule has 0 spiro atoms. The molecule has 1 saturated carbocycles. The van der Waals surface area contributed by atoms with Gasteiger partial charge in [-0.3, -0.25) is 4.79 Å². The van der Waals surface area contributed by atoms with Gasteiger partial charge in [0, 0.05) is 5.54 Å². The van der Waals surface area contributed by atoms with Crippen LogP contribution in [0.1, 0.15) is 46.0 Å². The number of aliphatic carboxylic acids is 1. The summed E-state index contributed by atoms with van der Waals surface area (Å²) in [6.07, 6.45) is 5.80. The van der Waals surface area contributed by atoms with Gasteiger partial charge in [-0.05, 0) is 37.5 Å². The van der Waals surface area contributed by atoms with E-state index in [1.165, 1.54) is 5.54 Å². The second-order valence-electron chi connectivity index (χ2n) is 5.32. The Morgan fingerprint density at radius 2 is 1.87 bits per heavy atom. The minimum Gasteiger partial charge on any atom is -0.481 e. The molecule has 0 bridgehead atoms. The molecule has 0 radical (unpaired) electrons. The fraction of sp³-hybridized carbons (Fsp3) is 0.750. The van der Waals surface area contributed by atoms with Crippen molar-refractivity contribution in [2.45, 2.75) is 46.0 Å².